The number of nitrogens with one attached hydrogen (secondary N) is 1. The summed E-state index contributed by atoms with van der Waals surface area (Å²) < 4.78 is 18.5. The summed E-state index contributed by atoms with van der Waals surface area (Å²) in [6.45, 7) is -0.262. The van der Waals surface area contributed by atoms with Crippen molar-refractivity contribution in [3.8, 4) is 0 Å². The number of aliphatic hydroxyl groups is 1. The molecule has 0 saturated heterocycles. The molecule has 20 heavy (non-hydrogen) atoms. The molecule has 0 radical (unpaired) electrons. The van der Waals surface area contributed by atoms with Crippen LogP contribution in [0, 0.1) is 5.82 Å². The molecular formula is C13H12FNO4S. The molecule has 0 spiro atoms. The van der Waals surface area contributed by atoms with E-state index in [0.29, 0.717) is 15.0 Å². The van der Waals surface area contributed by atoms with Crippen molar-refractivity contribution >= 4 is 33.3 Å². The van der Waals surface area contributed by atoms with Gasteiger partial charge in [-0.1, -0.05) is 6.07 Å². The normalized spacial score (nSPS) is 12.2. The molecule has 0 aliphatic rings. The standard InChI is InChI=1S/C13H12FNO4S/c1-19-13(18)9(16)6-15-12(17)11-5-7-8(14)3-2-4-10(7)20-11/h2-5,9,16H,6H2,1H3,(H,15,17). The third-order valence-corrected chi connectivity index (χ3v) is 3.76. The van der Waals surface area contributed by atoms with Gasteiger partial charge in [0.2, 0.25) is 0 Å². The lowest BCUT2D eigenvalue weighted by Crippen LogP contribution is -2.36. The van der Waals surface area contributed by atoms with Gasteiger partial charge in [-0.25, -0.2) is 9.18 Å². The van der Waals surface area contributed by atoms with Gasteiger partial charge in [-0.3, -0.25) is 4.79 Å². The van der Waals surface area contributed by atoms with E-state index in [9.17, 15) is 19.1 Å². The number of ether oxygens (including phenoxy) is 1. The van der Waals surface area contributed by atoms with E-state index in [1.807, 2.05) is 0 Å². The molecule has 7 heteroatoms. The number of halogens is 1. The second-order valence-corrected chi connectivity index (χ2v) is 5.10. The lowest BCUT2D eigenvalue weighted by molar-refractivity contribution is -0.149. The van der Waals surface area contributed by atoms with Crippen molar-refractivity contribution < 1.29 is 23.8 Å². The lowest BCUT2D eigenvalue weighted by Gasteiger charge is -2.08. The number of esters is 1. The Balaban J connectivity index is 2.08. The first kappa shape index (κ1) is 14.4. The Morgan fingerprint density at radius 1 is 1.50 bits per heavy atom. The Bertz CT molecular complexity index is 655. The number of fused-ring (bicyclic) bond motifs is 1. The van der Waals surface area contributed by atoms with Crippen LogP contribution in [-0.4, -0.2) is 36.7 Å². The molecule has 0 aliphatic carbocycles. The van der Waals surface area contributed by atoms with Crippen LogP contribution in [-0.2, 0) is 9.53 Å². The van der Waals surface area contributed by atoms with Gasteiger partial charge in [0.25, 0.3) is 5.91 Å². The number of aliphatic hydroxyl groups excluding tert-OH is 1. The zero-order valence-electron chi connectivity index (χ0n) is 10.6. The summed E-state index contributed by atoms with van der Waals surface area (Å²) >= 11 is 1.14. The van der Waals surface area contributed by atoms with Crippen LogP contribution in [0.25, 0.3) is 10.1 Å². The largest absolute Gasteiger partial charge is 0.467 e. The second-order valence-electron chi connectivity index (χ2n) is 4.01. The molecule has 0 bridgehead atoms. The highest BCUT2D eigenvalue weighted by Gasteiger charge is 2.18. The number of amides is 1. The summed E-state index contributed by atoms with van der Waals surface area (Å²) in [5.74, 6) is -1.70. The Hall–Kier alpha value is -1.99. The lowest BCUT2D eigenvalue weighted by atomic mass is 10.2. The van der Waals surface area contributed by atoms with Gasteiger partial charge in [-0.05, 0) is 18.2 Å². The maximum Gasteiger partial charge on any atom is 0.336 e. The summed E-state index contributed by atoms with van der Waals surface area (Å²) in [5, 5.41) is 12.1. The van der Waals surface area contributed by atoms with Crippen molar-refractivity contribution in [2.45, 2.75) is 6.10 Å². The van der Waals surface area contributed by atoms with Crippen LogP contribution in [0.15, 0.2) is 24.3 Å². The quantitative estimate of drug-likeness (QED) is 0.834. The molecule has 1 heterocycles. The van der Waals surface area contributed by atoms with Gasteiger partial charge in [0, 0.05) is 10.1 Å². The van der Waals surface area contributed by atoms with E-state index < -0.39 is 23.8 Å². The Morgan fingerprint density at radius 2 is 2.25 bits per heavy atom. The predicted octanol–water partition coefficient (Wildman–Crippen LogP) is 1.30. The summed E-state index contributed by atoms with van der Waals surface area (Å²) in [6.07, 6.45) is -1.42. The van der Waals surface area contributed by atoms with Gasteiger partial charge >= 0.3 is 5.97 Å². The van der Waals surface area contributed by atoms with Gasteiger partial charge < -0.3 is 15.2 Å². The number of rotatable bonds is 4. The van der Waals surface area contributed by atoms with E-state index in [4.69, 9.17) is 0 Å². The van der Waals surface area contributed by atoms with Crippen molar-refractivity contribution in [1.82, 2.24) is 5.32 Å². The van der Waals surface area contributed by atoms with Gasteiger partial charge in [-0.15, -0.1) is 11.3 Å². The molecule has 0 fully saturated rings. The Kier molecular flexibility index (Phi) is 4.31. The SMILES string of the molecule is COC(=O)C(O)CNC(=O)c1cc2c(F)cccc2s1. The fraction of sp³-hybridized carbons (Fsp3) is 0.231. The van der Waals surface area contributed by atoms with Crippen molar-refractivity contribution in [2.75, 3.05) is 13.7 Å². The average molecular weight is 297 g/mol. The third kappa shape index (κ3) is 2.94. The summed E-state index contributed by atoms with van der Waals surface area (Å²) in [4.78, 5) is 23.1. The first-order valence-corrected chi connectivity index (χ1v) is 6.56. The highest BCUT2D eigenvalue weighted by Crippen LogP contribution is 2.27. The first-order chi connectivity index (χ1) is 9.52. The van der Waals surface area contributed by atoms with Crippen molar-refractivity contribution in [1.29, 1.82) is 0 Å². The first-order valence-electron chi connectivity index (χ1n) is 5.75. The monoisotopic (exact) mass is 297 g/mol. The number of hydrogen-bond acceptors (Lipinski definition) is 5. The molecule has 1 atom stereocenters. The highest BCUT2D eigenvalue weighted by atomic mass is 32.1. The molecule has 2 aromatic rings. The minimum Gasteiger partial charge on any atom is -0.467 e. The summed E-state index contributed by atoms with van der Waals surface area (Å²) in [5.41, 5.74) is 0. The van der Waals surface area contributed by atoms with Crippen LogP contribution in [0.2, 0.25) is 0 Å². The molecule has 2 rings (SSSR count). The van der Waals surface area contributed by atoms with Gasteiger partial charge in [0.15, 0.2) is 6.10 Å². The highest BCUT2D eigenvalue weighted by molar-refractivity contribution is 7.20. The van der Waals surface area contributed by atoms with E-state index in [1.54, 1.807) is 12.1 Å². The van der Waals surface area contributed by atoms with E-state index in [1.165, 1.54) is 12.1 Å². The third-order valence-electron chi connectivity index (χ3n) is 2.66. The molecule has 1 aromatic carbocycles. The maximum atomic E-state index is 13.5. The smallest absolute Gasteiger partial charge is 0.336 e. The molecule has 0 saturated carbocycles. The summed E-state index contributed by atoms with van der Waals surface area (Å²) in [6, 6.07) is 6.03. The molecule has 1 amide bonds. The number of carbonyl (C=O) groups is 2. The van der Waals surface area contributed by atoms with E-state index in [-0.39, 0.29) is 6.54 Å². The minimum atomic E-state index is -1.42. The average Bonchev–Trinajstić information content (AvgIpc) is 2.89. The molecular weight excluding hydrogens is 285 g/mol. The summed E-state index contributed by atoms with van der Waals surface area (Å²) in [7, 11) is 1.14. The van der Waals surface area contributed by atoms with Crippen LogP contribution in [0.5, 0.6) is 0 Å². The zero-order chi connectivity index (χ0) is 14.7. The van der Waals surface area contributed by atoms with Crippen LogP contribution < -0.4 is 5.32 Å². The molecule has 5 nitrogen and oxygen atoms in total. The van der Waals surface area contributed by atoms with E-state index >= 15 is 0 Å². The zero-order valence-corrected chi connectivity index (χ0v) is 11.4. The molecule has 2 N–H and O–H groups in total. The van der Waals surface area contributed by atoms with Crippen molar-refractivity contribution in [3.05, 3.63) is 35.0 Å². The minimum absolute atomic E-state index is 0.262. The van der Waals surface area contributed by atoms with Crippen molar-refractivity contribution in [3.63, 3.8) is 0 Å². The van der Waals surface area contributed by atoms with Gasteiger partial charge in [0.1, 0.15) is 5.82 Å². The Labute approximate surface area is 118 Å². The number of methoxy groups -OCH3 is 1. The van der Waals surface area contributed by atoms with Gasteiger partial charge in [-0.2, -0.15) is 0 Å². The molecule has 0 aliphatic heterocycles. The van der Waals surface area contributed by atoms with Gasteiger partial charge in [0.05, 0.1) is 18.5 Å². The van der Waals surface area contributed by atoms with Crippen molar-refractivity contribution in [2.24, 2.45) is 0 Å². The number of thiophene rings is 1. The topological polar surface area (TPSA) is 75.6 Å². The molecule has 1 unspecified atom stereocenters. The maximum absolute atomic E-state index is 13.5. The molecule has 1 aromatic heterocycles. The fourth-order valence-electron chi connectivity index (χ4n) is 1.63. The second kappa shape index (κ2) is 5.98. The number of hydrogen-bond donors (Lipinski definition) is 2. The molecule has 106 valence electrons. The van der Waals surface area contributed by atoms with Crippen LogP contribution >= 0.6 is 11.3 Å². The van der Waals surface area contributed by atoms with E-state index in [2.05, 4.69) is 10.1 Å². The fourth-order valence-corrected chi connectivity index (χ4v) is 2.62. The van der Waals surface area contributed by atoms with E-state index in [0.717, 1.165) is 18.4 Å². The number of carbonyl (C=O) groups excluding carboxylic acids is 2. The predicted molar refractivity (Wildman–Crippen MR) is 72.1 cm³/mol. The van der Waals surface area contributed by atoms with Crippen LogP contribution in [0.3, 0.4) is 0 Å². The Morgan fingerprint density at radius 3 is 2.90 bits per heavy atom. The number of benzene rings is 1. The van der Waals surface area contributed by atoms with Crippen LogP contribution in [0.4, 0.5) is 4.39 Å². The van der Waals surface area contributed by atoms with Crippen LogP contribution in [0.1, 0.15) is 9.67 Å².